The van der Waals surface area contributed by atoms with Crippen LogP contribution in [0.2, 0.25) is 0 Å². The van der Waals surface area contributed by atoms with Gasteiger partial charge in [-0.2, -0.15) is 0 Å². The van der Waals surface area contributed by atoms with Crippen LogP contribution < -0.4 is 11.1 Å². The molecule has 0 spiro atoms. The smallest absolute Gasteiger partial charge is 0.224 e. The Bertz CT molecular complexity index is 706. The number of hydrogen-bond acceptors (Lipinski definition) is 3. The van der Waals surface area contributed by atoms with E-state index >= 15 is 0 Å². The largest absolute Gasteiger partial charge is 0.346 e. The van der Waals surface area contributed by atoms with Crippen molar-refractivity contribution < 1.29 is 4.79 Å². The van der Waals surface area contributed by atoms with Gasteiger partial charge >= 0.3 is 0 Å². The van der Waals surface area contributed by atoms with E-state index in [0.29, 0.717) is 12.3 Å². The van der Waals surface area contributed by atoms with Gasteiger partial charge in [0, 0.05) is 37.4 Å². The number of nitrogens with one attached hydrogen (secondary N) is 1. The van der Waals surface area contributed by atoms with E-state index in [9.17, 15) is 4.79 Å². The van der Waals surface area contributed by atoms with Crippen molar-refractivity contribution in [3.63, 3.8) is 0 Å². The van der Waals surface area contributed by atoms with E-state index in [0.717, 1.165) is 43.6 Å². The number of benzene rings is 1. The summed E-state index contributed by atoms with van der Waals surface area (Å²) in [5, 5.41) is 4.24. The summed E-state index contributed by atoms with van der Waals surface area (Å²) >= 11 is 0. The Kier molecular flexibility index (Phi) is 5.21. The topological polar surface area (TPSA) is 63.3 Å². The lowest BCUT2D eigenvalue weighted by Crippen LogP contribution is -2.28. The molecule has 0 bridgehead atoms. The predicted octanol–water partition coefficient (Wildman–Crippen LogP) is 2.66. The Hall–Kier alpha value is -1.85. The van der Waals surface area contributed by atoms with Crippen LogP contribution in [-0.4, -0.2) is 42.1 Å². The molecule has 3 rings (SSSR count). The number of carbonyl (C=O) groups excluding carboxylic acids is 1. The summed E-state index contributed by atoms with van der Waals surface area (Å²) in [6.45, 7) is 1.92. The van der Waals surface area contributed by atoms with Crippen LogP contribution in [0.1, 0.15) is 25.7 Å². The molecule has 1 aliphatic carbocycles. The van der Waals surface area contributed by atoms with Crippen LogP contribution >= 0.6 is 0 Å². The fraction of sp³-hybridized carbons (Fsp3) is 0.526. The minimum Gasteiger partial charge on any atom is -0.346 e. The van der Waals surface area contributed by atoms with Gasteiger partial charge in [0.05, 0.1) is 5.52 Å². The maximum absolute atomic E-state index is 12.3. The number of amides is 1. The molecule has 3 N–H and O–H groups in total. The van der Waals surface area contributed by atoms with Gasteiger partial charge in [-0.25, -0.2) is 0 Å². The van der Waals surface area contributed by atoms with E-state index in [1.165, 1.54) is 5.39 Å². The molecule has 0 saturated heterocycles. The Morgan fingerprint density at radius 3 is 2.88 bits per heavy atom. The standard InChI is InChI=1S/C19H28N4O/c1-22(2)10-11-23-9-8-14-6-7-16(13-18(14)23)21-19(24)12-15-4-3-5-17(15)20/h6-9,13,15,17H,3-5,10-12,20H2,1-2H3,(H,21,24)/t15-,17+/m0/s1. The number of hydrogen-bond donors (Lipinski definition) is 2. The highest BCUT2D eigenvalue weighted by molar-refractivity contribution is 5.94. The molecule has 5 heteroatoms. The van der Waals surface area contributed by atoms with E-state index in [4.69, 9.17) is 5.73 Å². The van der Waals surface area contributed by atoms with E-state index in [1.807, 2.05) is 6.07 Å². The molecule has 1 aromatic carbocycles. The second-order valence-corrected chi connectivity index (χ2v) is 7.19. The predicted molar refractivity (Wildman–Crippen MR) is 99.1 cm³/mol. The molecule has 1 aliphatic rings. The van der Waals surface area contributed by atoms with Crippen molar-refractivity contribution in [3.8, 4) is 0 Å². The number of fused-ring (bicyclic) bond motifs is 1. The fourth-order valence-corrected chi connectivity index (χ4v) is 3.53. The van der Waals surface area contributed by atoms with Crippen LogP contribution in [0.4, 0.5) is 5.69 Å². The quantitative estimate of drug-likeness (QED) is 0.857. The van der Waals surface area contributed by atoms with Gasteiger partial charge in [0.1, 0.15) is 0 Å². The summed E-state index contributed by atoms with van der Waals surface area (Å²) in [5.74, 6) is 0.404. The average Bonchev–Trinajstić information content (AvgIpc) is 3.11. The molecule has 5 nitrogen and oxygen atoms in total. The van der Waals surface area contributed by atoms with Gasteiger partial charge in [-0.05, 0) is 56.4 Å². The van der Waals surface area contributed by atoms with Crippen LogP contribution in [-0.2, 0) is 11.3 Å². The normalized spacial score (nSPS) is 20.8. The molecule has 1 amide bonds. The molecule has 2 atom stereocenters. The Labute approximate surface area is 143 Å². The minimum absolute atomic E-state index is 0.0723. The Morgan fingerprint density at radius 2 is 2.17 bits per heavy atom. The van der Waals surface area contributed by atoms with Crippen LogP contribution in [0.15, 0.2) is 30.5 Å². The first-order valence-corrected chi connectivity index (χ1v) is 8.82. The summed E-state index contributed by atoms with van der Waals surface area (Å²) < 4.78 is 2.23. The lowest BCUT2D eigenvalue weighted by molar-refractivity contribution is -0.117. The van der Waals surface area contributed by atoms with E-state index < -0.39 is 0 Å². The number of likely N-dealkylation sites (N-methyl/N-ethyl adjacent to an activating group) is 1. The summed E-state index contributed by atoms with van der Waals surface area (Å²) in [7, 11) is 4.15. The third-order valence-electron chi connectivity index (χ3n) is 5.01. The average molecular weight is 328 g/mol. The van der Waals surface area contributed by atoms with Crippen molar-refractivity contribution in [2.75, 3.05) is 26.0 Å². The van der Waals surface area contributed by atoms with Gasteiger partial charge in [0.25, 0.3) is 0 Å². The number of nitrogens with two attached hydrogens (primary N) is 1. The first kappa shape index (κ1) is 17.0. The van der Waals surface area contributed by atoms with Gasteiger partial charge in [0.15, 0.2) is 0 Å². The number of carbonyl (C=O) groups is 1. The number of rotatable bonds is 6. The summed E-state index contributed by atoms with van der Waals surface area (Å²) in [6.07, 6.45) is 5.90. The zero-order chi connectivity index (χ0) is 17.1. The van der Waals surface area contributed by atoms with Crippen molar-refractivity contribution >= 4 is 22.5 Å². The van der Waals surface area contributed by atoms with Crippen molar-refractivity contribution in [2.45, 2.75) is 38.3 Å². The lowest BCUT2D eigenvalue weighted by Gasteiger charge is -2.15. The molecule has 1 saturated carbocycles. The summed E-state index contributed by atoms with van der Waals surface area (Å²) in [5.41, 5.74) is 8.10. The molecule has 1 aromatic heterocycles. The van der Waals surface area contributed by atoms with Gasteiger partial charge in [-0.3, -0.25) is 4.79 Å². The third-order valence-corrected chi connectivity index (χ3v) is 5.01. The van der Waals surface area contributed by atoms with Gasteiger partial charge in [0.2, 0.25) is 5.91 Å². The molecule has 2 aromatic rings. The van der Waals surface area contributed by atoms with E-state index in [1.54, 1.807) is 0 Å². The SMILES string of the molecule is CN(C)CCn1ccc2ccc(NC(=O)C[C@@H]3CCC[C@H]3N)cc21. The highest BCUT2D eigenvalue weighted by Crippen LogP contribution is 2.27. The Balaban J connectivity index is 1.68. The molecular formula is C19H28N4O. The molecule has 0 unspecified atom stereocenters. The monoisotopic (exact) mass is 328 g/mol. The second kappa shape index (κ2) is 7.36. The van der Waals surface area contributed by atoms with Crippen LogP contribution in [0, 0.1) is 5.92 Å². The van der Waals surface area contributed by atoms with Crippen molar-refractivity contribution in [2.24, 2.45) is 11.7 Å². The number of nitrogens with zero attached hydrogens (tertiary/aromatic N) is 2. The van der Waals surface area contributed by atoms with Gasteiger partial charge in [-0.1, -0.05) is 12.5 Å². The third kappa shape index (κ3) is 3.97. The highest BCUT2D eigenvalue weighted by atomic mass is 16.1. The molecule has 0 aliphatic heterocycles. The molecule has 0 radical (unpaired) electrons. The van der Waals surface area contributed by atoms with E-state index in [-0.39, 0.29) is 11.9 Å². The van der Waals surface area contributed by atoms with Crippen molar-refractivity contribution in [3.05, 3.63) is 30.5 Å². The zero-order valence-electron chi connectivity index (χ0n) is 14.7. The highest BCUT2D eigenvalue weighted by Gasteiger charge is 2.26. The molecule has 24 heavy (non-hydrogen) atoms. The van der Waals surface area contributed by atoms with Gasteiger partial charge < -0.3 is 20.5 Å². The first-order valence-electron chi connectivity index (χ1n) is 8.82. The Morgan fingerprint density at radius 1 is 1.33 bits per heavy atom. The fourth-order valence-electron chi connectivity index (χ4n) is 3.53. The van der Waals surface area contributed by atoms with Crippen molar-refractivity contribution in [1.82, 2.24) is 9.47 Å². The lowest BCUT2D eigenvalue weighted by atomic mass is 10.00. The maximum Gasteiger partial charge on any atom is 0.224 e. The van der Waals surface area contributed by atoms with Crippen LogP contribution in [0.3, 0.4) is 0 Å². The summed E-state index contributed by atoms with van der Waals surface area (Å²) in [6, 6.07) is 8.41. The number of anilines is 1. The minimum atomic E-state index is 0.0723. The molecular weight excluding hydrogens is 300 g/mol. The maximum atomic E-state index is 12.3. The van der Waals surface area contributed by atoms with Crippen LogP contribution in [0.5, 0.6) is 0 Å². The number of aromatic nitrogens is 1. The summed E-state index contributed by atoms with van der Waals surface area (Å²) in [4.78, 5) is 14.5. The van der Waals surface area contributed by atoms with Crippen molar-refractivity contribution in [1.29, 1.82) is 0 Å². The molecule has 1 heterocycles. The zero-order valence-corrected chi connectivity index (χ0v) is 14.7. The van der Waals surface area contributed by atoms with Crippen LogP contribution in [0.25, 0.3) is 10.9 Å². The second-order valence-electron chi connectivity index (χ2n) is 7.19. The van der Waals surface area contributed by atoms with E-state index in [2.05, 4.69) is 53.3 Å². The molecule has 130 valence electrons. The molecule has 1 fully saturated rings. The first-order chi connectivity index (χ1) is 11.5. The van der Waals surface area contributed by atoms with Gasteiger partial charge in [-0.15, -0.1) is 0 Å².